The van der Waals surface area contributed by atoms with Crippen LogP contribution >= 0.6 is 0 Å². The van der Waals surface area contributed by atoms with Crippen molar-refractivity contribution < 1.29 is 10.2 Å². The van der Waals surface area contributed by atoms with Crippen molar-refractivity contribution in [3.8, 4) is 0 Å². The number of rotatable bonds is 2. The smallest absolute Gasteiger partial charge is 0.0796 e. The fourth-order valence-electron chi connectivity index (χ4n) is 0.939. The van der Waals surface area contributed by atoms with E-state index >= 15 is 0 Å². The van der Waals surface area contributed by atoms with Crippen LogP contribution in [0.25, 0.3) is 0 Å². The molecule has 0 amide bonds. The molecule has 0 aromatic carbocycles. The molecule has 0 aliphatic rings. The van der Waals surface area contributed by atoms with E-state index in [0.717, 1.165) is 5.57 Å². The Kier molecular flexibility index (Phi) is 3.76. The van der Waals surface area contributed by atoms with Gasteiger partial charge in [0.2, 0.25) is 0 Å². The third kappa shape index (κ3) is 3.54. The maximum Gasteiger partial charge on any atom is 0.0796 e. The molecule has 0 aromatic heterocycles. The minimum Gasteiger partial charge on any atom is -0.392 e. The van der Waals surface area contributed by atoms with Crippen molar-refractivity contribution in [1.29, 1.82) is 0 Å². The maximum absolute atomic E-state index is 9.61. The third-order valence-electron chi connectivity index (χ3n) is 1.66. The predicted octanol–water partition coefficient (Wildman–Crippen LogP) is 1.33. The van der Waals surface area contributed by atoms with Crippen molar-refractivity contribution in [1.82, 2.24) is 0 Å². The first-order chi connectivity index (χ1) is 4.89. The van der Waals surface area contributed by atoms with Crippen LogP contribution in [-0.2, 0) is 0 Å². The normalized spacial score (nSPS) is 16.7. The van der Waals surface area contributed by atoms with E-state index in [1.54, 1.807) is 6.08 Å². The fraction of sp³-hybridized carbons (Fsp3) is 0.778. The summed E-state index contributed by atoms with van der Waals surface area (Å²) >= 11 is 0. The molecule has 0 heterocycles. The zero-order valence-electron chi connectivity index (χ0n) is 7.76. The molecule has 0 fully saturated rings. The Labute approximate surface area is 68.6 Å². The van der Waals surface area contributed by atoms with Crippen molar-refractivity contribution in [3.63, 3.8) is 0 Å². The molecule has 66 valence electrons. The van der Waals surface area contributed by atoms with E-state index in [1.165, 1.54) is 0 Å². The predicted molar refractivity (Wildman–Crippen MR) is 46.3 cm³/mol. The topological polar surface area (TPSA) is 40.5 Å². The van der Waals surface area contributed by atoms with Crippen molar-refractivity contribution in [2.24, 2.45) is 5.41 Å². The summed E-state index contributed by atoms with van der Waals surface area (Å²) in [5.74, 6) is 0. The Bertz CT molecular complexity index is 142. The number of hydrogen-bond donors (Lipinski definition) is 2. The van der Waals surface area contributed by atoms with Crippen LogP contribution in [0.1, 0.15) is 27.7 Å². The average Bonchev–Trinajstić information content (AvgIpc) is 1.85. The summed E-state index contributed by atoms with van der Waals surface area (Å²) in [7, 11) is 0. The van der Waals surface area contributed by atoms with Gasteiger partial charge >= 0.3 is 0 Å². The van der Waals surface area contributed by atoms with Crippen LogP contribution in [0.3, 0.4) is 0 Å². The molecule has 0 saturated carbocycles. The molecule has 2 heteroatoms. The Morgan fingerprint density at radius 3 is 2.18 bits per heavy atom. The van der Waals surface area contributed by atoms with Gasteiger partial charge in [0, 0.05) is 0 Å². The zero-order valence-corrected chi connectivity index (χ0v) is 7.76. The first-order valence-corrected chi connectivity index (χ1v) is 3.85. The van der Waals surface area contributed by atoms with Crippen molar-refractivity contribution >= 4 is 0 Å². The van der Waals surface area contributed by atoms with Crippen LogP contribution < -0.4 is 0 Å². The zero-order chi connectivity index (χ0) is 9.07. The number of hydrogen-bond acceptors (Lipinski definition) is 2. The van der Waals surface area contributed by atoms with Gasteiger partial charge in [-0.1, -0.05) is 26.8 Å². The molecule has 0 spiro atoms. The lowest BCUT2D eigenvalue weighted by Crippen LogP contribution is -2.27. The second kappa shape index (κ2) is 3.88. The lowest BCUT2D eigenvalue weighted by molar-refractivity contribution is 0.0941. The van der Waals surface area contributed by atoms with Crippen molar-refractivity contribution in [3.05, 3.63) is 11.6 Å². The standard InChI is InChI=1S/C9H18O2/c1-7(5-6-10)8(11)9(2,3)4/h5,8,10-11H,6H2,1-4H3/b7-5-. The van der Waals surface area contributed by atoms with Crippen LogP contribution in [0.2, 0.25) is 0 Å². The Balaban J connectivity index is 4.25. The molecule has 0 rings (SSSR count). The van der Waals surface area contributed by atoms with E-state index in [4.69, 9.17) is 5.11 Å². The van der Waals surface area contributed by atoms with Crippen molar-refractivity contribution in [2.45, 2.75) is 33.8 Å². The second-order valence-electron chi connectivity index (χ2n) is 3.90. The maximum atomic E-state index is 9.61. The minimum absolute atomic E-state index is 0.00102. The first-order valence-electron chi connectivity index (χ1n) is 3.85. The summed E-state index contributed by atoms with van der Waals surface area (Å²) < 4.78 is 0. The van der Waals surface area contributed by atoms with Gasteiger partial charge < -0.3 is 10.2 Å². The van der Waals surface area contributed by atoms with Crippen LogP contribution in [0.15, 0.2) is 11.6 Å². The van der Waals surface area contributed by atoms with E-state index < -0.39 is 6.10 Å². The summed E-state index contributed by atoms with van der Waals surface area (Å²) in [4.78, 5) is 0. The van der Waals surface area contributed by atoms with Crippen molar-refractivity contribution in [2.75, 3.05) is 6.61 Å². The lowest BCUT2D eigenvalue weighted by atomic mass is 9.85. The molecule has 0 aromatic rings. The molecule has 0 radical (unpaired) electrons. The fourth-order valence-corrected chi connectivity index (χ4v) is 0.939. The van der Waals surface area contributed by atoms with E-state index in [0.29, 0.717) is 0 Å². The van der Waals surface area contributed by atoms with E-state index in [9.17, 15) is 5.11 Å². The van der Waals surface area contributed by atoms with E-state index in [2.05, 4.69) is 0 Å². The van der Waals surface area contributed by atoms with Gasteiger partial charge in [-0.15, -0.1) is 0 Å². The average molecular weight is 158 g/mol. The summed E-state index contributed by atoms with van der Waals surface area (Å²) in [5, 5.41) is 18.2. The minimum atomic E-state index is -0.463. The van der Waals surface area contributed by atoms with Crippen LogP contribution in [0.4, 0.5) is 0 Å². The van der Waals surface area contributed by atoms with Crippen LogP contribution in [-0.4, -0.2) is 22.9 Å². The summed E-state index contributed by atoms with van der Waals surface area (Å²) in [6.45, 7) is 7.72. The highest BCUT2D eigenvalue weighted by Crippen LogP contribution is 2.24. The molecule has 1 atom stereocenters. The Morgan fingerprint density at radius 2 is 1.91 bits per heavy atom. The highest BCUT2D eigenvalue weighted by atomic mass is 16.3. The molecule has 0 aliphatic carbocycles. The molecule has 2 N–H and O–H groups in total. The molecule has 0 saturated heterocycles. The van der Waals surface area contributed by atoms with Gasteiger partial charge in [0.05, 0.1) is 12.7 Å². The quantitative estimate of drug-likeness (QED) is 0.595. The van der Waals surface area contributed by atoms with Gasteiger partial charge in [0.25, 0.3) is 0 Å². The largest absolute Gasteiger partial charge is 0.392 e. The van der Waals surface area contributed by atoms with Gasteiger partial charge in [0.15, 0.2) is 0 Å². The highest BCUT2D eigenvalue weighted by Gasteiger charge is 2.22. The van der Waals surface area contributed by atoms with Gasteiger partial charge in [-0.05, 0) is 17.9 Å². The Hall–Kier alpha value is -0.340. The van der Waals surface area contributed by atoms with Gasteiger partial charge in [-0.2, -0.15) is 0 Å². The van der Waals surface area contributed by atoms with Gasteiger partial charge in [-0.3, -0.25) is 0 Å². The van der Waals surface area contributed by atoms with E-state index in [-0.39, 0.29) is 12.0 Å². The molecular weight excluding hydrogens is 140 g/mol. The van der Waals surface area contributed by atoms with Gasteiger partial charge in [0.1, 0.15) is 0 Å². The highest BCUT2D eigenvalue weighted by molar-refractivity contribution is 5.07. The molecule has 0 bridgehead atoms. The van der Waals surface area contributed by atoms with Crippen LogP contribution in [0.5, 0.6) is 0 Å². The Morgan fingerprint density at radius 1 is 1.45 bits per heavy atom. The molecular formula is C9H18O2. The van der Waals surface area contributed by atoms with Crippen LogP contribution in [0, 0.1) is 5.41 Å². The summed E-state index contributed by atoms with van der Waals surface area (Å²) in [6.07, 6.45) is 1.17. The monoisotopic (exact) mass is 158 g/mol. The summed E-state index contributed by atoms with van der Waals surface area (Å²) in [5.41, 5.74) is 0.690. The molecule has 1 unspecified atom stereocenters. The first kappa shape index (κ1) is 10.7. The lowest BCUT2D eigenvalue weighted by Gasteiger charge is -2.26. The van der Waals surface area contributed by atoms with Gasteiger partial charge in [-0.25, -0.2) is 0 Å². The number of aliphatic hydroxyl groups excluding tert-OH is 2. The molecule has 11 heavy (non-hydrogen) atoms. The molecule has 2 nitrogen and oxygen atoms in total. The third-order valence-corrected chi connectivity index (χ3v) is 1.66. The second-order valence-corrected chi connectivity index (χ2v) is 3.90. The molecule has 0 aliphatic heterocycles. The SMILES string of the molecule is C/C(=C/CO)C(O)C(C)(C)C. The number of aliphatic hydroxyl groups is 2. The van der Waals surface area contributed by atoms with E-state index in [1.807, 2.05) is 27.7 Å². The summed E-state index contributed by atoms with van der Waals surface area (Å²) in [6, 6.07) is 0.